The van der Waals surface area contributed by atoms with Crippen LogP contribution >= 0.6 is 0 Å². The molecule has 2 aliphatic rings. The first-order valence-corrected chi connectivity index (χ1v) is 8.72. The van der Waals surface area contributed by atoms with Gasteiger partial charge in [-0.15, -0.1) is 0 Å². The second-order valence-electron chi connectivity index (χ2n) is 6.98. The van der Waals surface area contributed by atoms with Crippen LogP contribution in [0.15, 0.2) is 24.3 Å². The Morgan fingerprint density at radius 1 is 1.19 bits per heavy atom. The first kappa shape index (κ1) is 14.9. The summed E-state index contributed by atoms with van der Waals surface area (Å²) in [4.78, 5) is 0. The number of nitrogens with one attached hydrogen (secondary N) is 1. The van der Waals surface area contributed by atoms with Crippen molar-refractivity contribution in [2.24, 2.45) is 17.8 Å². The van der Waals surface area contributed by atoms with E-state index in [1.54, 1.807) is 0 Å². The molecule has 0 heterocycles. The third-order valence-electron chi connectivity index (χ3n) is 5.42. The van der Waals surface area contributed by atoms with Gasteiger partial charge in [0, 0.05) is 6.04 Å². The molecule has 2 bridgehead atoms. The molecule has 21 heavy (non-hydrogen) atoms. The summed E-state index contributed by atoms with van der Waals surface area (Å²) in [6.45, 7) is 6.40. The van der Waals surface area contributed by atoms with E-state index < -0.39 is 0 Å². The molecular weight excluding hydrogens is 258 g/mol. The van der Waals surface area contributed by atoms with E-state index in [1.807, 2.05) is 0 Å². The Labute approximate surface area is 129 Å². The number of fused-ring (bicyclic) bond motifs is 2. The molecule has 3 rings (SSSR count). The number of rotatable bonds is 7. The van der Waals surface area contributed by atoms with Crippen molar-refractivity contribution in [3.8, 4) is 5.75 Å². The lowest BCUT2D eigenvalue weighted by Crippen LogP contribution is -2.28. The van der Waals surface area contributed by atoms with Crippen LogP contribution < -0.4 is 10.1 Å². The van der Waals surface area contributed by atoms with E-state index in [0.717, 1.165) is 36.5 Å². The van der Waals surface area contributed by atoms with Crippen LogP contribution in [0.1, 0.15) is 57.6 Å². The van der Waals surface area contributed by atoms with E-state index in [4.69, 9.17) is 4.74 Å². The van der Waals surface area contributed by atoms with Crippen LogP contribution in [0.3, 0.4) is 0 Å². The van der Waals surface area contributed by atoms with E-state index in [0.29, 0.717) is 6.04 Å². The molecule has 1 aromatic rings. The second-order valence-corrected chi connectivity index (χ2v) is 6.98. The Balaban J connectivity index is 1.47. The highest BCUT2D eigenvalue weighted by Gasteiger charge is 2.39. The minimum absolute atomic E-state index is 0.435. The van der Waals surface area contributed by atoms with Crippen molar-refractivity contribution < 1.29 is 4.74 Å². The first-order chi connectivity index (χ1) is 10.3. The molecule has 4 atom stereocenters. The highest BCUT2D eigenvalue weighted by Crippen LogP contribution is 2.48. The van der Waals surface area contributed by atoms with Gasteiger partial charge in [-0.2, -0.15) is 0 Å². The normalized spacial score (nSPS) is 28.8. The van der Waals surface area contributed by atoms with Crippen molar-refractivity contribution in [1.29, 1.82) is 0 Å². The van der Waals surface area contributed by atoms with Crippen molar-refractivity contribution >= 4 is 0 Å². The van der Waals surface area contributed by atoms with Crippen molar-refractivity contribution in [3.05, 3.63) is 29.8 Å². The minimum atomic E-state index is 0.435. The SMILES string of the molecule is CCCOc1ccc(C(C)NCC2CC3CCC2C3)cc1. The summed E-state index contributed by atoms with van der Waals surface area (Å²) in [6, 6.07) is 9.03. The molecule has 4 unspecified atom stereocenters. The van der Waals surface area contributed by atoms with Crippen LogP contribution in [-0.2, 0) is 0 Å². The molecule has 0 amide bonds. The zero-order valence-corrected chi connectivity index (χ0v) is 13.5. The second kappa shape index (κ2) is 6.83. The maximum atomic E-state index is 5.64. The monoisotopic (exact) mass is 287 g/mol. The Morgan fingerprint density at radius 3 is 2.62 bits per heavy atom. The Morgan fingerprint density at radius 2 is 2.00 bits per heavy atom. The number of benzene rings is 1. The third-order valence-corrected chi connectivity index (χ3v) is 5.42. The summed E-state index contributed by atoms with van der Waals surface area (Å²) >= 11 is 0. The fourth-order valence-electron chi connectivity index (χ4n) is 4.15. The topological polar surface area (TPSA) is 21.3 Å². The minimum Gasteiger partial charge on any atom is -0.494 e. The van der Waals surface area contributed by atoms with E-state index in [2.05, 4.69) is 43.4 Å². The average Bonchev–Trinajstić information content (AvgIpc) is 3.14. The van der Waals surface area contributed by atoms with Gasteiger partial charge in [0.1, 0.15) is 5.75 Å². The van der Waals surface area contributed by atoms with Crippen LogP contribution in [0, 0.1) is 17.8 Å². The van der Waals surface area contributed by atoms with E-state index in [9.17, 15) is 0 Å². The zero-order valence-electron chi connectivity index (χ0n) is 13.5. The molecule has 2 aliphatic carbocycles. The summed E-state index contributed by atoms with van der Waals surface area (Å²) in [5.74, 6) is 3.98. The van der Waals surface area contributed by atoms with Crippen LogP contribution in [0.2, 0.25) is 0 Å². The van der Waals surface area contributed by atoms with Crippen LogP contribution in [-0.4, -0.2) is 13.2 Å². The van der Waals surface area contributed by atoms with Crippen molar-refractivity contribution in [2.75, 3.05) is 13.2 Å². The predicted octanol–water partition coefficient (Wildman–Crippen LogP) is 4.56. The molecule has 2 nitrogen and oxygen atoms in total. The van der Waals surface area contributed by atoms with Gasteiger partial charge in [0.05, 0.1) is 6.61 Å². The van der Waals surface area contributed by atoms with E-state index >= 15 is 0 Å². The van der Waals surface area contributed by atoms with E-state index in [-0.39, 0.29) is 0 Å². The summed E-state index contributed by atoms with van der Waals surface area (Å²) in [7, 11) is 0. The molecule has 0 saturated heterocycles. The maximum absolute atomic E-state index is 5.64. The largest absolute Gasteiger partial charge is 0.494 e. The first-order valence-electron chi connectivity index (χ1n) is 8.72. The molecule has 0 radical (unpaired) electrons. The highest BCUT2D eigenvalue weighted by molar-refractivity contribution is 5.28. The van der Waals surface area contributed by atoms with Gasteiger partial charge in [0.2, 0.25) is 0 Å². The predicted molar refractivity (Wildman–Crippen MR) is 87.6 cm³/mol. The fourth-order valence-corrected chi connectivity index (χ4v) is 4.15. The standard InChI is InChI=1S/C19H29NO/c1-3-10-21-19-8-6-16(7-9-19)14(2)20-13-18-12-15-4-5-17(18)11-15/h6-9,14-15,17-18,20H,3-5,10-13H2,1-2H3. The molecule has 2 heteroatoms. The van der Waals surface area contributed by atoms with Crippen LogP contribution in [0.25, 0.3) is 0 Å². The van der Waals surface area contributed by atoms with Crippen molar-refractivity contribution in [3.63, 3.8) is 0 Å². The molecular formula is C19H29NO. The lowest BCUT2D eigenvalue weighted by atomic mass is 9.88. The lowest BCUT2D eigenvalue weighted by Gasteiger charge is -2.24. The number of ether oxygens (including phenoxy) is 1. The average molecular weight is 287 g/mol. The summed E-state index contributed by atoms with van der Waals surface area (Å²) < 4.78 is 5.64. The third kappa shape index (κ3) is 3.60. The van der Waals surface area contributed by atoms with Gasteiger partial charge in [-0.05, 0) is 74.6 Å². The Bertz CT molecular complexity index is 441. The quantitative estimate of drug-likeness (QED) is 0.793. The van der Waals surface area contributed by atoms with Crippen molar-refractivity contribution in [2.45, 2.75) is 52.0 Å². The lowest BCUT2D eigenvalue weighted by molar-refractivity contribution is 0.309. The molecule has 1 aromatic carbocycles. The Hall–Kier alpha value is -1.02. The summed E-state index contributed by atoms with van der Waals surface area (Å²) in [6.07, 6.45) is 7.01. The van der Waals surface area contributed by atoms with E-state index in [1.165, 1.54) is 37.8 Å². The molecule has 1 N–H and O–H groups in total. The molecule has 116 valence electrons. The van der Waals surface area contributed by atoms with Gasteiger partial charge in [-0.3, -0.25) is 0 Å². The fraction of sp³-hybridized carbons (Fsp3) is 0.684. The van der Waals surface area contributed by atoms with Gasteiger partial charge < -0.3 is 10.1 Å². The number of hydrogen-bond acceptors (Lipinski definition) is 2. The molecule has 2 fully saturated rings. The molecule has 0 spiro atoms. The van der Waals surface area contributed by atoms with Crippen molar-refractivity contribution in [1.82, 2.24) is 5.32 Å². The molecule has 2 saturated carbocycles. The van der Waals surface area contributed by atoms with Gasteiger partial charge in [-0.25, -0.2) is 0 Å². The van der Waals surface area contributed by atoms with Crippen LogP contribution in [0.4, 0.5) is 0 Å². The maximum Gasteiger partial charge on any atom is 0.119 e. The highest BCUT2D eigenvalue weighted by atomic mass is 16.5. The summed E-state index contributed by atoms with van der Waals surface area (Å²) in [5, 5.41) is 3.75. The van der Waals surface area contributed by atoms with Gasteiger partial charge in [0.15, 0.2) is 0 Å². The van der Waals surface area contributed by atoms with Gasteiger partial charge in [0.25, 0.3) is 0 Å². The smallest absolute Gasteiger partial charge is 0.119 e. The zero-order chi connectivity index (χ0) is 14.7. The summed E-state index contributed by atoms with van der Waals surface area (Å²) in [5.41, 5.74) is 1.36. The number of hydrogen-bond donors (Lipinski definition) is 1. The van der Waals surface area contributed by atoms with Crippen LogP contribution in [0.5, 0.6) is 5.75 Å². The molecule has 0 aromatic heterocycles. The van der Waals surface area contributed by atoms with Gasteiger partial charge in [-0.1, -0.05) is 25.5 Å². The Kier molecular flexibility index (Phi) is 4.84. The van der Waals surface area contributed by atoms with Gasteiger partial charge >= 0.3 is 0 Å². The molecule has 0 aliphatic heterocycles.